The molecule has 142 valence electrons. The fourth-order valence-electron chi connectivity index (χ4n) is 2.47. The van der Waals surface area contributed by atoms with E-state index in [1.165, 1.54) is 0 Å². The van der Waals surface area contributed by atoms with Gasteiger partial charge in [0.25, 0.3) is 0 Å². The number of ether oxygens (including phenoxy) is 1. The van der Waals surface area contributed by atoms with Crippen molar-refractivity contribution < 1.29 is 14.3 Å². The zero-order chi connectivity index (χ0) is 19.8. The van der Waals surface area contributed by atoms with Crippen LogP contribution in [0.25, 0.3) is 0 Å². The van der Waals surface area contributed by atoms with Crippen molar-refractivity contribution >= 4 is 23.3 Å². The van der Waals surface area contributed by atoms with Crippen molar-refractivity contribution in [3.05, 3.63) is 84.9 Å². The summed E-state index contributed by atoms with van der Waals surface area (Å²) >= 11 is 0. The molecule has 0 spiro atoms. The van der Waals surface area contributed by atoms with Gasteiger partial charge < -0.3 is 20.7 Å². The molecule has 0 heterocycles. The SMILES string of the molecule is CC(NC(=O)Nc1ccccc1)C(=O)Nc1ccccc1Oc1ccccc1. The van der Waals surface area contributed by atoms with E-state index in [2.05, 4.69) is 16.0 Å². The second-order valence-corrected chi connectivity index (χ2v) is 6.09. The number of anilines is 2. The third-order valence-corrected chi connectivity index (χ3v) is 3.89. The summed E-state index contributed by atoms with van der Waals surface area (Å²) in [6.45, 7) is 1.61. The largest absolute Gasteiger partial charge is 0.455 e. The van der Waals surface area contributed by atoms with Crippen LogP contribution in [0.1, 0.15) is 6.92 Å². The number of nitrogens with one attached hydrogen (secondary N) is 3. The molecule has 6 heteroatoms. The van der Waals surface area contributed by atoms with Gasteiger partial charge in [-0.05, 0) is 43.3 Å². The molecule has 0 saturated heterocycles. The molecule has 1 unspecified atom stereocenters. The van der Waals surface area contributed by atoms with E-state index in [-0.39, 0.29) is 5.91 Å². The van der Waals surface area contributed by atoms with E-state index in [4.69, 9.17) is 4.74 Å². The first-order chi connectivity index (χ1) is 13.6. The van der Waals surface area contributed by atoms with Crippen LogP contribution in [0.2, 0.25) is 0 Å². The molecule has 0 aromatic heterocycles. The molecule has 0 aliphatic heterocycles. The number of rotatable bonds is 6. The standard InChI is InChI=1S/C22H21N3O3/c1-16(23-22(27)24-17-10-4-2-5-11-17)21(26)25-19-14-8-9-15-20(19)28-18-12-6-3-7-13-18/h2-16H,1H3,(H,25,26)(H2,23,24,27). The molecule has 3 N–H and O–H groups in total. The Morgan fingerprint density at radius 2 is 1.39 bits per heavy atom. The summed E-state index contributed by atoms with van der Waals surface area (Å²) in [7, 11) is 0. The molecule has 0 bridgehead atoms. The Bertz CT molecular complexity index is 930. The van der Waals surface area contributed by atoms with Crippen molar-refractivity contribution in [2.45, 2.75) is 13.0 Å². The molecule has 0 fully saturated rings. The van der Waals surface area contributed by atoms with E-state index in [9.17, 15) is 9.59 Å². The number of carbonyl (C=O) groups is 2. The van der Waals surface area contributed by atoms with E-state index in [0.29, 0.717) is 22.9 Å². The number of urea groups is 1. The molecule has 3 rings (SSSR count). The van der Waals surface area contributed by atoms with Gasteiger partial charge in [0, 0.05) is 5.69 Å². The van der Waals surface area contributed by atoms with E-state index in [1.807, 2.05) is 54.6 Å². The Hall–Kier alpha value is -3.80. The number of hydrogen-bond donors (Lipinski definition) is 3. The zero-order valence-corrected chi connectivity index (χ0v) is 15.4. The van der Waals surface area contributed by atoms with Crippen molar-refractivity contribution in [3.63, 3.8) is 0 Å². The lowest BCUT2D eigenvalue weighted by Crippen LogP contribution is -2.43. The topological polar surface area (TPSA) is 79.5 Å². The summed E-state index contributed by atoms with van der Waals surface area (Å²) in [6.07, 6.45) is 0. The number of carbonyl (C=O) groups excluding carboxylic acids is 2. The lowest BCUT2D eigenvalue weighted by molar-refractivity contribution is -0.117. The van der Waals surface area contributed by atoms with Crippen LogP contribution < -0.4 is 20.7 Å². The lowest BCUT2D eigenvalue weighted by Gasteiger charge is -2.17. The molecule has 6 nitrogen and oxygen atoms in total. The Balaban J connectivity index is 1.60. The van der Waals surface area contributed by atoms with Gasteiger partial charge in [-0.25, -0.2) is 4.79 Å². The lowest BCUT2D eigenvalue weighted by atomic mass is 10.2. The summed E-state index contributed by atoms with van der Waals surface area (Å²) in [5.74, 6) is 0.827. The maximum Gasteiger partial charge on any atom is 0.319 e. The first-order valence-corrected chi connectivity index (χ1v) is 8.87. The van der Waals surface area contributed by atoms with Crippen molar-refractivity contribution in [2.24, 2.45) is 0 Å². The predicted octanol–water partition coefficient (Wildman–Crippen LogP) is 4.63. The van der Waals surface area contributed by atoms with Crippen molar-refractivity contribution in [1.29, 1.82) is 0 Å². The van der Waals surface area contributed by atoms with Gasteiger partial charge in [0.1, 0.15) is 11.8 Å². The molecule has 0 aliphatic rings. The summed E-state index contributed by atoms with van der Waals surface area (Å²) in [4.78, 5) is 24.6. The van der Waals surface area contributed by atoms with Gasteiger partial charge in [-0.2, -0.15) is 0 Å². The number of amides is 3. The van der Waals surface area contributed by atoms with Crippen LogP contribution in [0.15, 0.2) is 84.9 Å². The molecule has 3 aromatic rings. The minimum Gasteiger partial charge on any atom is -0.455 e. The van der Waals surface area contributed by atoms with Crippen molar-refractivity contribution in [1.82, 2.24) is 5.32 Å². The average molecular weight is 375 g/mol. The average Bonchev–Trinajstić information content (AvgIpc) is 2.71. The van der Waals surface area contributed by atoms with Crippen molar-refractivity contribution in [2.75, 3.05) is 10.6 Å². The van der Waals surface area contributed by atoms with Gasteiger partial charge in [-0.1, -0.05) is 48.5 Å². The predicted molar refractivity (Wildman–Crippen MR) is 110 cm³/mol. The van der Waals surface area contributed by atoms with E-state index in [0.717, 1.165) is 0 Å². The maximum atomic E-state index is 12.5. The maximum absolute atomic E-state index is 12.5. The molecular formula is C22H21N3O3. The summed E-state index contributed by atoms with van der Waals surface area (Å²) in [6, 6.07) is 24.2. The van der Waals surface area contributed by atoms with E-state index in [1.54, 1.807) is 37.3 Å². The molecule has 3 aromatic carbocycles. The highest BCUT2D eigenvalue weighted by molar-refractivity contribution is 5.99. The van der Waals surface area contributed by atoms with Gasteiger partial charge in [0.2, 0.25) is 5.91 Å². The Kier molecular flexibility index (Phi) is 6.25. The summed E-state index contributed by atoms with van der Waals surface area (Å²) < 4.78 is 5.84. The molecule has 3 amide bonds. The van der Waals surface area contributed by atoms with Crippen LogP contribution in [0.3, 0.4) is 0 Å². The molecular weight excluding hydrogens is 354 g/mol. The summed E-state index contributed by atoms with van der Waals surface area (Å²) in [5, 5.41) is 8.09. The number of para-hydroxylation sites is 4. The van der Waals surface area contributed by atoms with Gasteiger partial charge in [-0.3, -0.25) is 4.79 Å². The monoisotopic (exact) mass is 375 g/mol. The number of benzene rings is 3. The minimum atomic E-state index is -0.742. The Labute approximate surface area is 163 Å². The first kappa shape index (κ1) is 19.0. The van der Waals surface area contributed by atoms with Gasteiger partial charge in [-0.15, -0.1) is 0 Å². The van der Waals surface area contributed by atoms with Gasteiger partial charge in [0.15, 0.2) is 5.75 Å². The molecule has 0 aliphatic carbocycles. The minimum absolute atomic E-state index is 0.354. The van der Waals surface area contributed by atoms with E-state index >= 15 is 0 Å². The molecule has 0 saturated carbocycles. The first-order valence-electron chi connectivity index (χ1n) is 8.87. The van der Waals surface area contributed by atoms with Crippen LogP contribution in [0.5, 0.6) is 11.5 Å². The normalized spacial score (nSPS) is 11.2. The van der Waals surface area contributed by atoms with Crippen LogP contribution >= 0.6 is 0 Å². The van der Waals surface area contributed by atoms with Gasteiger partial charge in [0.05, 0.1) is 5.69 Å². The summed E-state index contributed by atoms with van der Waals surface area (Å²) in [5.41, 5.74) is 1.17. The molecule has 0 radical (unpaired) electrons. The third kappa shape index (κ3) is 5.35. The third-order valence-electron chi connectivity index (χ3n) is 3.89. The highest BCUT2D eigenvalue weighted by Gasteiger charge is 2.17. The smallest absolute Gasteiger partial charge is 0.319 e. The van der Waals surface area contributed by atoms with Crippen molar-refractivity contribution in [3.8, 4) is 11.5 Å². The van der Waals surface area contributed by atoms with Crippen LogP contribution in [-0.4, -0.2) is 18.0 Å². The highest BCUT2D eigenvalue weighted by Crippen LogP contribution is 2.29. The van der Waals surface area contributed by atoms with Crippen LogP contribution in [0, 0.1) is 0 Å². The zero-order valence-electron chi connectivity index (χ0n) is 15.4. The fourth-order valence-corrected chi connectivity index (χ4v) is 2.47. The number of hydrogen-bond acceptors (Lipinski definition) is 3. The highest BCUT2D eigenvalue weighted by atomic mass is 16.5. The van der Waals surface area contributed by atoms with Crippen LogP contribution in [-0.2, 0) is 4.79 Å². The quantitative estimate of drug-likeness (QED) is 0.588. The second-order valence-electron chi connectivity index (χ2n) is 6.09. The Morgan fingerprint density at radius 3 is 2.11 bits per heavy atom. The molecule has 28 heavy (non-hydrogen) atoms. The Morgan fingerprint density at radius 1 is 0.786 bits per heavy atom. The second kappa shape index (κ2) is 9.23. The van der Waals surface area contributed by atoms with E-state index < -0.39 is 12.1 Å². The fraction of sp³-hybridized carbons (Fsp3) is 0.0909. The molecule has 1 atom stereocenters. The van der Waals surface area contributed by atoms with Crippen LogP contribution in [0.4, 0.5) is 16.2 Å². The van der Waals surface area contributed by atoms with Gasteiger partial charge >= 0.3 is 6.03 Å².